The second kappa shape index (κ2) is 7.21. The zero-order chi connectivity index (χ0) is 13.4. The van der Waals surface area contributed by atoms with E-state index in [9.17, 15) is 14.4 Å². The Morgan fingerprint density at radius 3 is 2.33 bits per heavy atom. The molecule has 1 aromatic rings. The number of carboxylic acid groups (broad SMARTS) is 1. The van der Waals surface area contributed by atoms with E-state index >= 15 is 0 Å². The van der Waals surface area contributed by atoms with Crippen LogP contribution in [-0.4, -0.2) is 22.8 Å². The summed E-state index contributed by atoms with van der Waals surface area (Å²) in [6.07, 6.45) is 0.127. The molecule has 0 unspecified atom stereocenters. The molecular weight excluding hydrogens is 234 g/mol. The molecule has 0 spiro atoms. The smallest absolute Gasteiger partial charge is 0.303 e. The predicted octanol–water partition coefficient (Wildman–Crippen LogP) is 1.84. The fourth-order valence-electron chi connectivity index (χ4n) is 1.43. The van der Waals surface area contributed by atoms with Crippen LogP contribution in [0.4, 0.5) is 5.69 Å². The number of Topliss-reactive ketones (excluding diaryl/α,β-unsaturated/α-hetero) is 1. The largest absolute Gasteiger partial charge is 0.481 e. The van der Waals surface area contributed by atoms with Crippen LogP contribution in [0.3, 0.4) is 0 Å². The zero-order valence-corrected chi connectivity index (χ0v) is 9.89. The Hall–Kier alpha value is -2.17. The Bertz CT molecular complexity index is 428. The van der Waals surface area contributed by atoms with E-state index in [1.807, 2.05) is 6.07 Å². The molecule has 0 heterocycles. The summed E-state index contributed by atoms with van der Waals surface area (Å²) in [5.41, 5.74) is 0.640. The maximum atomic E-state index is 11.5. The molecule has 5 heteroatoms. The Labute approximate surface area is 105 Å². The monoisotopic (exact) mass is 249 g/mol. The van der Waals surface area contributed by atoms with Gasteiger partial charge in [0.05, 0.1) is 6.42 Å². The first-order valence-electron chi connectivity index (χ1n) is 5.66. The number of hydrogen-bond donors (Lipinski definition) is 2. The van der Waals surface area contributed by atoms with Crippen molar-refractivity contribution in [3.63, 3.8) is 0 Å². The van der Waals surface area contributed by atoms with Crippen LogP contribution < -0.4 is 5.32 Å². The number of hydrogen-bond acceptors (Lipinski definition) is 3. The molecule has 0 aliphatic carbocycles. The highest BCUT2D eigenvalue weighted by molar-refractivity contribution is 6.04. The highest BCUT2D eigenvalue weighted by Crippen LogP contribution is 2.06. The molecule has 2 N–H and O–H groups in total. The molecule has 0 aliphatic heterocycles. The van der Waals surface area contributed by atoms with Gasteiger partial charge in [0.1, 0.15) is 5.78 Å². The lowest BCUT2D eigenvalue weighted by Crippen LogP contribution is -2.16. The van der Waals surface area contributed by atoms with Crippen molar-refractivity contribution in [1.29, 1.82) is 0 Å². The third kappa shape index (κ3) is 5.79. The standard InChI is InChI=1S/C13H15NO4/c15-11(7-4-8-13(17)18)9-12(16)14-10-5-2-1-3-6-10/h1-3,5-6H,4,7-9H2,(H,14,16)(H,17,18). The fourth-order valence-corrected chi connectivity index (χ4v) is 1.43. The number of para-hydroxylation sites is 1. The van der Waals surface area contributed by atoms with Crippen molar-refractivity contribution in [2.45, 2.75) is 25.7 Å². The first-order chi connectivity index (χ1) is 8.58. The molecule has 96 valence electrons. The van der Waals surface area contributed by atoms with E-state index in [0.29, 0.717) is 5.69 Å². The lowest BCUT2D eigenvalue weighted by atomic mass is 10.1. The Morgan fingerprint density at radius 2 is 1.72 bits per heavy atom. The highest BCUT2D eigenvalue weighted by atomic mass is 16.4. The van der Waals surface area contributed by atoms with Crippen molar-refractivity contribution in [3.8, 4) is 0 Å². The summed E-state index contributed by atoms with van der Waals surface area (Å²) >= 11 is 0. The van der Waals surface area contributed by atoms with Crippen LogP contribution >= 0.6 is 0 Å². The summed E-state index contributed by atoms with van der Waals surface area (Å²) in [6.45, 7) is 0. The van der Waals surface area contributed by atoms with Gasteiger partial charge in [0.25, 0.3) is 0 Å². The van der Waals surface area contributed by atoms with Crippen molar-refractivity contribution in [3.05, 3.63) is 30.3 Å². The van der Waals surface area contributed by atoms with Crippen molar-refractivity contribution >= 4 is 23.3 Å². The van der Waals surface area contributed by atoms with Crippen LogP contribution in [0.1, 0.15) is 25.7 Å². The van der Waals surface area contributed by atoms with Crippen LogP contribution in [0.25, 0.3) is 0 Å². The van der Waals surface area contributed by atoms with Gasteiger partial charge in [0, 0.05) is 18.5 Å². The average Bonchev–Trinajstić information content (AvgIpc) is 2.29. The Morgan fingerprint density at radius 1 is 1.06 bits per heavy atom. The molecule has 0 saturated heterocycles. The number of carbonyl (C=O) groups excluding carboxylic acids is 2. The molecule has 0 aromatic heterocycles. The molecule has 0 saturated carbocycles. The van der Waals surface area contributed by atoms with Crippen molar-refractivity contribution in [2.75, 3.05) is 5.32 Å². The summed E-state index contributed by atoms with van der Waals surface area (Å²) < 4.78 is 0. The number of ketones is 1. The number of amides is 1. The van der Waals surface area contributed by atoms with E-state index in [1.54, 1.807) is 24.3 Å². The molecular formula is C13H15NO4. The van der Waals surface area contributed by atoms with Gasteiger partial charge in [-0.25, -0.2) is 0 Å². The first-order valence-corrected chi connectivity index (χ1v) is 5.66. The SMILES string of the molecule is O=C(O)CCCC(=O)CC(=O)Nc1ccccc1. The summed E-state index contributed by atoms with van der Waals surface area (Å²) in [6, 6.07) is 8.85. The Kier molecular flexibility index (Phi) is 5.57. The molecule has 0 fully saturated rings. The van der Waals surface area contributed by atoms with Crippen LogP contribution in [0.5, 0.6) is 0 Å². The van der Waals surface area contributed by atoms with Gasteiger partial charge < -0.3 is 10.4 Å². The summed E-state index contributed by atoms with van der Waals surface area (Å²) in [4.78, 5) is 33.1. The van der Waals surface area contributed by atoms with Crippen molar-refractivity contribution < 1.29 is 19.5 Å². The zero-order valence-electron chi connectivity index (χ0n) is 9.89. The van der Waals surface area contributed by atoms with E-state index in [1.165, 1.54) is 0 Å². The number of anilines is 1. The number of nitrogens with one attached hydrogen (secondary N) is 1. The van der Waals surface area contributed by atoms with Gasteiger partial charge in [-0.05, 0) is 18.6 Å². The van der Waals surface area contributed by atoms with Crippen LogP contribution in [0.2, 0.25) is 0 Å². The highest BCUT2D eigenvalue weighted by Gasteiger charge is 2.10. The minimum atomic E-state index is -0.934. The van der Waals surface area contributed by atoms with Gasteiger partial charge in [0.2, 0.25) is 5.91 Å². The molecule has 1 amide bonds. The molecule has 0 radical (unpaired) electrons. The fraction of sp³-hybridized carbons (Fsp3) is 0.308. The maximum absolute atomic E-state index is 11.5. The molecule has 5 nitrogen and oxygen atoms in total. The second-order valence-electron chi connectivity index (χ2n) is 3.88. The van der Waals surface area contributed by atoms with Crippen LogP contribution in [0, 0.1) is 0 Å². The third-order valence-corrected chi connectivity index (χ3v) is 2.26. The van der Waals surface area contributed by atoms with Crippen molar-refractivity contribution in [1.82, 2.24) is 0 Å². The van der Waals surface area contributed by atoms with Crippen LogP contribution in [-0.2, 0) is 14.4 Å². The first kappa shape index (κ1) is 13.9. The second-order valence-corrected chi connectivity index (χ2v) is 3.88. The van der Waals surface area contributed by atoms with E-state index in [4.69, 9.17) is 5.11 Å². The number of carbonyl (C=O) groups is 3. The van der Waals surface area contributed by atoms with Gasteiger partial charge in [-0.15, -0.1) is 0 Å². The molecule has 0 aliphatic rings. The van der Waals surface area contributed by atoms with Crippen LogP contribution in [0.15, 0.2) is 30.3 Å². The minimum Gasteiger partial charge on any atom is -0.481 e. The minimum absolute atomic E-state index is 0.0496. The van der Waals surface area contributed by atoms with E-state index in [0.717, 1.165) is 0 Å². The van der Waals surface area contributed by atoms with E-state index in [2.05, 4.69) is 5.32 Å². The Balaban J connectivity index is 2.27. The summed E-state index contributed by atoms with van der Waals surface area (Å²) in [5.74, 6) is -1.55. The molecule has 0 bridgehead atoms. The lowest BCUT2D eigenvalue weighted by Gasteiger charge is -2.04. The number of carboxylic acids is 1. The average molecular weight is 249 g/mol. The van der Waals surface area contributed by atoms with Crippen molar-refractivity contribution in [2.24, 2.45) is 0 Å². The predicted molar refractivity (Wildman–Crippen MR) is 66.2 cm³/mol. The summed E-state index contributed by atoms with van der Waals surface area (Å²) in [5, 5.41) is 11.0. The molecule has 0 atom stereocenters. The third-order valence-electron chi connectivity index (χ3n) is 2.26. The normalized spacial score (nSPS) is 9.78. The summed E-state index contributed by atoms with van der Waals surface area (Å²) in [7, 11) is 0. The molecule has 1 aromatic carbocycles. The maximum Gasteiger partial charge on any atom is 0.303 e. The molecule has 18 heavy (non-hydrogen) atoms. The van der Waals surface area contributed by atoms with Gasteiger partial charge in [-0.1, -0.05) is 18.2 Å². The van der Waals surface area contributed by atoms with Gasteiger partial charge in [0.15, 0.2) is 0 Å². The molecule has 1 rings (SSSR count). The van der Waals surface area contributed by atoms with Gasteiger partial charge in [-0.3, -0.25) is 14.4 Å². The van der Waals surface area contributed by atoms with Gasteiger partial charge in [-0.2, -0.15) is 0 Å². The van der Waals surface area contributed by atoms with E-state index < -0.39 is 5.97 Å². The number of rotatable bonds is 7. The lowest BCUT2D eigenvalue weighted by molar-refractivity contribution is -0.137. The quantitative estimate of drug-likeness (QED) is 0.722. The number of aliphatic carboxylic acids is 1. The van der Waals surface area contributed by atoms with Gasteiger partial charge >= 0.3 is 5.97 Å². The topological polar surface area (TPSA) is 83.5 Å². The number of benzene rings is 1. The van der Waals surface area contributed by atoms with E-state index in [-0.39, 0.29) is 37.4 Å².